The van der Waals surface area contributed by atoms with E-state index in [-0.39, 0.29) is 40.3 Å². The predicted octanol–water partition coefficient (Wildman–Crippen LogP) is 5.79. The number of pyridine rings is 1. The van der Waals surface area contributed by atoms with Gasteiger partial charge in [0.15, 0.2) is 5.82 Å². The zero-order valence-corrected chi connectivity index (χ0v) is 25.0. The third kappa shape index (κ3) is 4.26. The van der Waals surface area contributed by atoms with E-state index in [4.69, 9.17) is 26.1 Å². The Morgan fingerprint density at radius 1 is 1.05 bits per heavy atom. The van der Waals surface area contributed by atoms with E-state index in [1.807, 2.05) is 12.1 Å². The summed E-state index contributed by atoms with van der Waals surface area (Å²) < 4.78 is 38.5. The van der Waals surface area contributed by atoms with Crippen LogP contribution in [0.3, 0.4) is 0 Å². The third-order valence-corrected chi connectivity index (χ3v) is 10.5. The number of halogens is 2. The van der Waals surface area contributed by atoms with Gasteiger partial charge in [-0.25, -0.2) is 13.8 Å². The maximum absolute atomic E-state index is 17.1. The van der Waals surface area contributed by atoms with Gasteiger partial charge in [0.05, 0.1) is 22.2 Å². The Morgan fingerprint density at radius 2 is 1.89 bits per heavy atom. The molecule has 0 spiro atoms. The van der Waals surface area contributed by atoms with E-state index < -0.39 is 11.6 Å². The fraction of sp³-hybridized carbons (Fsp3) is 0.457. The molecule has 0 saturated carbocycles. The second-order valence-electron chi connectivity index (χ2n) is 12.9. The van der Waals surface area contributed by atoms with Crippen LogP contribution in [0.4, 0.5) is 14.6 Å². The number of anilines is 1. The number of fused-ring (bicyclic) bond motifs is 4. The van der Waals surface area contributed by atoms with Gasteiger partial charge in [0, 0.05) is 36.6 Å². The maximum atomic E-state index is 17.1. The Morgan fingerprint density at radius 3 is 2.70 bits per heavy atom. The Hall–Kier alpha value is -3.87. The van der Waals surface area contributed by atoms with Crippen LogP contribution in [0.2, 0.25) is 0 Å². The molecule has 0 radical (unpaired) electrons. The minimum absolute atomic E-state index is 0.00176. The molecule has 4 aromatic rings. The molecule has 226 valence electrons. The van der Waals surface area contributed by atoms with Gasteiger partial charge in [0.1, 0.15) is 29.5 Å². The normalized spacial score (nSPS) is 22.8. The molecule has 6 heterocycles. The number of terminal acetylenes is 1. The molecule has 9 heteroatoms. The Balaban J connectivity index is 1.36. The summed E-state index contributed by atoms with van der Waals surface area (Å²) in [6.07, 6.45) is 12.1. The molecule has 44 heavy (non-hydrogen) atoms. The van der Waals surface area contributed by atoms with Gasteiger partial charge in [-0.05, 0) is 69.0 Å². The number of aromatic nitrogens is 3. The zero-order valence-electron chi connectivity index (χ0n) is 25.0. The van der Waals surface area contributed by atoms with Crippen LogP contribution in [0.15, 0.2) is 30.3 Å². The number of nitrogens with zero attached hydrogens (tertiary/aromatic N) is 5. The van der Waals surface area contributed by atoms with Crippen LogP contribution in [-0.2, 0) is 0 Å². The molecule has 2 aromatic heterocycles. The van der Waals surface area contributed by atoms with Crippen molar-refractivity contribution in [1.82, 2.24) is 25.2 Å². The lowest BCUT2D eigenvalue weighted by Gasteiger charge is -2.40. The molecule has 4 aliphatic rings. The molecule has 0 aliphatic carbocycles. The summed E-state index contributed by atoms with van der Waals surface area (Å²) in [5, 5.41) is 5.36. The van der Waals surface area contributed by atoms with Gasteiger partial charge in [-0.2, -0.15) is 9.97 Å². The van der Waals surface area contributed by atoms with Gasteiger partial charge in [-0.1, -0.05) is 37.1 Å². The summed E-state index contributed by atoms with van der Waals surface area (Å²) in [4.78, 5) is 19.7. The number of nitrogens with one attached hydrogen (secondary N) is 1. The molecule has 1 N–H and O–H groups in total. The van der Waals surface area contributed by atoms with E-state index in [1.165, 1.54) is 6.07 Å². The summed E-state index contributed by atoms with van der Waals surface area (Å²) >= 11 is 0. The van der Waals surface area contributed by atoms with Crippen molar-refractivity contribution in [2.75, 3.05) is 44.2 Å². The van der Waals surface area contributed by atoms with Crippen LogP contribution in [0, 0.1) is 24.0 Å². The highest BCUT2D eigenvalue weighted by atomic mass is 19.1. The minimum Gasteiger partial charge on any atom is -0.461 e. The first-order valence-corrected chi connectivity index (χ1v) is 15.9. The summed E-state index contributed by atoms with van der Waals surface area (Å²) in [5.41, 5.74) is 1.62. The van der Waals surface area contributed by atoms with Crippen LogP contribution in [0.25, 0.3) is 32.9 Å². The first kappa shape index (κ1) is 27.7. The Labute approximate surface area is 256 Å². The van der Waals surface area contributed by atoms with Gasteiger partial charge < -0.3 is 15.0 Å². The van der Waals surface area contributed by atoms with Gasteiger partial charge in [0.2, 0.25) is 0 Å². The lowest BCUT2D eigenvalue weighted by Crippen LogP contribution is -2.52. The summed E-state index contributed by atoms with van der Waals surface area (Å²) in [6, 6.07) is 8.89. The summed E-state index contributed by atoms with van der Waals surface area (Å²) in [7, 11) is 0. The van der Waals surface area contributed by atoms with E-state index in [0.29, 0.717) is 28.8 Å². The minimum atomic E-state index is -0.571. The number of piperazine rings is 1. The highest BCUT2D eigenvalue weighted by molar-refractivity contribution is 6.02. The quantitative estimate of drug-likeness (QED) is 0.300. The predicted molar refractivity (Wildman–Crippen MR) is 168 cm³/mol. The molecule has 2 atom stereocenters. The standard InChI is InChI=1S/C35H36F2N6O/c1-3-24-26(36)12-10-22-7-4-8-25(27(22)24)31-29(37)32-28-30(39-31)21(2)9-11-23-19-38-15-18-43(23)33(28)41-34(40-32)44-20-35-13-5-16-42(35)17-6-14-35/h1,4,7-8,10,12,21,23,38H,5-6,9,11,13-20H2,2H3/t21-,23-/m1/s1. The SMILES string of the molecule is C#Cc1c(F)ccc2cccc(-c3nc4c5c(nc(OCC67CCCN6CCC7)nc5c3F)N3CCNC[C@H]3CC[C@H]4C)c12. The van der Waals surface area contributed by atoms with E-state index in [0.717, 1.165) is 82.3 Å². The highest BCUT2D eigenvalue weighted by Gasteiger charge is 2.45. The van der Waals surface area contributed by atoms with Crippen LogP contribution in [-0.4, -0.2) is 70.8 Å². The number of ether oxygens (including phenoxy) is 1. The van der Waals surface area contributed by atoms with Crippen LogP contribution < -0.4 is 15.0 Å². The average molecular weight is 595 g/mol. The van der Waals surface area contributed by atoms with Crippen molar-refractivity contribution in [3.05, 3.63) is 53.2 Å². The lowest BCUT2D eigenvalue weighted by atomic mass is 9.90. The van der Waals surface area contributed by atoms with Crippen molar-refractivity contribution in [1.29, 1.82) is 0 Å². The molecule has 8 rings (SSSR count). The average Bonchev–Trinajstić information content (AvgIpc) is 3.63. The number of hydrogen-bond donors (Lipinski definition) is 1. The summed E-state index contributed by atoms with van der Waals surface area (Å²) in [6.45, 7) is 7.20. The van der Waals surface area contributed by atoms with Crippen molar-refractivity contribution in [3.63, 3.8) is 0 Å². The Kier molecular flexibility index (Phi) is 6.69. The van der Waals surface area contributed by atoms with Gasteiger partial charge >= 0.3 is 6.01 Å². The first-order chi connectivity index (χ1) is 21.5. The van der Waals surface area contributed by atoms with Crippen molar-refractivity contribution in [2.24, 2.45) is 0 Å². The molecule has 2 aromatic carbocycles. The van der Waals surface area contributed by atoms with Crippen molar-refractivity contribution >= 4 is 27.5 Å². The van der Waals surface area contributed by atoms with Gasteiger partial charge in [-0.3, -0.25) is 4.90 Å². The zero-order chi connectivity index (χ0) is 30.0. The van der Waals surface area contributed by atoms with Gasteiger partial charge in [0.25, 0.3) is 0 Å². The molecular formula is C35H36F2N6O. The number of hydrogen-bond acceptors (Lipinski definition) is 7. The van der Waals surface area contributed by atoms with E-state index in [2.05, 4.69) is 28.0 Å². The maximum Gasteiger partial charge on any atom is 0.319 e. The molecule has 0 bridgehead atoms. The van der Waals surface area contributed by atoms with E-state index >= 15 is 4.39 Å². The van der Waals surface area contributed by atoms with Crippen molar-refractivity contribution < 1.29 is 13.5 Å². The fourth-order valence-corrected chi connectivity index (χ4v) is 8.20. The smallest absolute Gasteiger partial charge is 0.319 e. The molecular weight excluding hydrogens is 558 g/mol. The van der Waals surface area contributed by atoms with Crippen molar-refractivity contribution in [2.45, 2.75) is 62.9 Å². The molecule has 0 amide bonds. The molecule has 7 nitrogen and oxygen atoms in total. The number of rotatable bonds is 4. The molecule has 3 fully saturated rings. The van der Waals surface area contributed by atoms with Crippen LogP contribution in [0.5, 0.6) is 6.01 Å². The summed E-state index contributed by atoms with van der Waals surface area (Å²) in [5.74, 6) is 2.12. The monoisotopic (exact) mass is 594 g/mol. The van der Waals surface area contributed by atoms with E-state index in [9.17, 15) is 4.39 Å². The first-order valence-electron chi connectivity index (χ1n) is 15.9. The highest BCUT2D eigenvalue weighted by Crippen LogP contribution is 2.44. The second kappa shape index (κ2) is 10.6. The van der Waals surface area contributed by atoms with Crippen molar-refractivity contribution in [3.8, 4) is 29.6 Å². The van der Waals surface area contributed by atoms with Gasteiger partial charge in [-0.15, -0.1) is 6.42 Å². The lowest BCUT2D eigenvalue weighted by molar-refractivity contribution is 0.108. The topological polar surface area (TPSA) is 66.4 Å². The Bertz CT molecular complexity index is 1830. The largest absolute Gasteiger partial charge is 0.461 e. The fourth-order valence-electron chi connectivity index (χ4n) is 8.20. The molecule has 4 aliphatic heterocycles. The number of benzene rings is 2. The van der Waals surface area contributed by atoms with E-state index in [1.54, 1.807) is 12.1 Å². The molecule has 0 unspecified atom stereocenters. The third-order valence-electron chi connectivity index (χ3n) is 10.5. The van der Waals surface area contributed by atoms with Crippen LogP contribution in [0.1, 0.15) is 62.6 Å². The van der Waals surface area contributed by atoms with Crippen LogP contribution >= 0.6 is 0 Å². The second-order valence-corrected chi connectivity index (χ2v) is 12.9. The molecule has 3 saturated heterocycles.